The fourth-order valence-electron chi connectivity index (χ4n) is 4.15. The first-order valence-electron chi connectivity index (χ1n) is 11.6. The SMILES string of the molecule is Cc1cccc(-c2nn3c(=O)cc(N4CCN(C(=O)COc5cccc(C)c5C)CC4)nc3s2)c1. The molecule has 35 heavy (non-hydrogen) atoms. The number of aromatic nitrogens is 3. The number of carbonyl (C=O) groups is 1. The fourth-order valence-corrected chi connectivity index (χ4v) is 5.05. The number of aryl methyl sites for hydroxylation is 2. The van der Waals surface area contributed by atoms with E-state index in [9.17, 15) is 9.59 Å². The average Bonchev–Trinajstić information content (AvgIpc) is 3.30. The molecule has 1 aliphatic rings. The third-order valence-corrected chi connectivity index (χ3v) is 7.32. The Hall–Kier alpha value is -3.72. The van der Waals surface area contributed by atoms with E-state index in [1.807, 2.05) is 68.1 Å². The van der Waals surface area contributed by atoms with Gasteiger partial charge >= 0.3 is 0 Å². The number of hydrogen-bond acceptors (Lipinski definition) is 7. The lowest BCUT2D eigenvalue weighted by molar-refractivity contribution is -0.133. The van der Waals surface area contributed by atoms with Crippen LogP contribution in [0.5, 0.6) is 5.75 Å². The van der Waals surface area contributed by atoms with E-state index in [2.05, 4.69) is 5.10 Å². The van der Waals surface area contributed by atoms with Gasteiger partial charge in [0.15, 0.2) is 6.61 Å². The van der Waals surface area contributed by atoms with E-state index in [1.165, 1.54) is 21.9 Å². The maximum atomic E-state index is 12.8. The Labute approximate surface area is 207 Å². The maximum absolute atomic E-state index is 12.8. The van der Waals surface area contributed by atoms with Crippen molar-refractivity contribution in [3.63, 3.8) is 0 Å². The smallest absolute Gasteiger partial charge is 0.277 e. The van der Waals surface area contributed by atoms with Gasteiger partial charge in [0.05, 0.1) is 0 Å². The third-order valence-electron chi connectivity index (χ3n) is 6.36. The zero-order valence-corrected chi connectivity index (χ0v) is 20.8. The van der Waals surface area contributed by atoms with Crippen LogP contribution in [0, 0.1) is 20.8 Å². The summed E-state index contributed by atoms with van der Waals surface area (Å²) in [4.78, 5) is 34.6. The molecule has 0 unspecified atom stereocenters. The van der Waals surface area contributed by atoms with Crippen LogP contribution < -0.4 is 15.2 Å². The van der Waals surface area contributed by atoms with Gasteiger partial charge in [-0.2, -0.15) is 9.61 Å². The number of amides is 1. The van der Waals surface area contributed by atoms with E-state index in [0.29, 0.717) is 37.0 Å². The molecule has 1 amide bonds. The van der Waals surface area contributed by atoms with Crippen LogP contribution in [-0.2, 0) is 4.79 Å². The Morgan fingerprint density at radius 2 is 1.80 bits per heavy atom. The highest BCUT2D eigenvalue weighted by Gasteiger charge is 2.23. The number of rotatable bonds is 5. The zero-order chi connectivity index (χ0) is 24.5. The predicted octanol–water partition coefficient (Wildman–Crippen LogP) is 3.47. The van der Waals surface area contributed by atoms with Crippen molar-refractivity contribution in [2.75, 3.05) is 37.7 Å². The van der Waals surface area contributed by atoms with Crippen molar-refractivity contribution in [2.45, 2.75) is 20.8 Å². The molecule has 1 aliphatic heterocycles. The van der Waals surface area contributed by atoms with E-state index >= 15 is 0 Å². The van der Waals surface area contributed by atoms with Gasteiger partial charge in [-0.05, 0) is 44.0 Å². The van der Waals surface area contributed by atoms with Crippen molar-refractivity contribution in [1.82, 2.24) is 19.5 Å². The van der Waals surface area contributed by atoms with Crippen molar-refractivity contribution in [3.05, 3.63) is 75.6 Å². The first kappa shape index (κ1) is 23.0. The number of hydrogen-bond donors (Lipinski definition) is 0. The monoisotopic (exact) mass is 489 g/mol. The van der Waals surface area contributed by atoms with Crippen LogP contribution in [0.4, 0.5) is 5.82 Å². The fraction of sp³-hybridized carbons (Fsp3) is 0.308. The molecule has 0 aliphatic carbocycles. The molecule has 9 heteroatoms. The van der Waals surface area contributed by atoms with Crippen LogP contribution in [0.1, 0.15) is 16.7 Å². The maximum Gasteiger partial charge on any atom is 0.277 e. The van der Waals surface area contributed by atoms with Crippen molar-refractivity contribution < 1.29 is 9.53 Å². The van der Waals surface area contributed by atoms with E-state index in [-0.39, 0.29) is 18.1 Å². The van der Waals surface area contributed by atoms with Crippen molar-refractivity contribution in [3.8, 4) is 16.3 Å². The average molecular weight is 490 g/mol. The van der Waals surface area contributed by atoms with Crippen LogP contribution in [0.15, 0.2) is 53.3 Å². The van der Waals surface area contributed by atoms with Crippen LogP contribution in [0.25, 0.3) is 15.5 Å². The highest BCUT2D eigenvalue weighted by atomic mass is 32.1. The van der Waals surface area contributed by atoms with Gasteiger partial charge < -0.3 is 14.5 Å². The summed E-state index contributed by atoms with van der Waals surface area (Å²) in [7, 11) is 0. The molecule has 180 valence electrons. The molecule has 0 bridgehead atoms. The second-order valence-corrected chi connectivity index (χ2v) is 9.73. The standard InChI is InChI=1S/C26H27N5O3S/c1-17-6-4-8-20(14-17)25-28-31-23(32)15-22(27-26(31)35-25)29-10-12-30(13-11-29)24(33)16-34-21-9-5-7-18(2)19(21)3/h4-9,14-15H,10-13,16H2,1-3H3. The first-order chi connectivity index (χ1) is 16.9. The van der Waals surface area contributed by atoms with E-state index in [4.69, 9.17) is 9.72 Å². The molecule has 2 aromatic heterocycles. The van der Waals surface area contributed by atoms with Crippen LogP contribution in [0.3, 0.4) is 0 Å². The summed E-state index contributed by atoms with van der Waals surface area (Å²) in [5, 5.41) is 5.24. The van der Waals surface area contributed by atoms with Gasteiger partial charge in [-0.25, -0.2) is 4.98 Å². The number of piperazine rings is 1. The van der Waals surface area contributed by atoms with Crippen LogP contribution >= 0.6 is 11.3 Å². The summed E-state index contributed by atoms with van der Waals surface area (Å²) < 4.78 is 7.14. The molecule has 4 aromatic rings. The predicted molar refractivity (Wildman–Crippen MR) is 138 cm³/mol. The molecule has 5 rings (SSSR count). The molecule has 0 atom stereocenters. The number of nitrogens with zero attached hydrogens (tertiary/aromatic N) is 5. The molecule has 1 fully saturated rings. The number of ether oxygens (including phenoxy) is 1. The van der Waals surface area contributed by atoms with E-state index < -0.39 is 0 Å². The van der Waals surface area contributed by atoms with E-state index in [1.54, 1.807) is 4.90 Å². The minimum Gasteiger partial charge on any atom is -0.483 e. The summed E-state index contributed by atoms with van der Waals surface area (Å²) in [6, 6.07) is 15.4. The summed E-state index contributed by atoms with van der Waals surface area (Å²) >= 11 is 1.40. The molecular weight excluding hydrogens is 462 g/mol. The summed E-state index contributed by atoms with van der Waals surface area (Å²) in [5.74, 6) is 1.32. The highest BCUT2D eigenvalue weighted by molar-refractivity contribution is 7.19. The Balaban J connectivity index is 1.25. The van der Waals surface area contributed by atoms with Gasteiger partial charge in [-0.3, -0.25) is 9.59 Å². The van der Waals surface area contributed by atoms with Crippen LogP contribution in [0.2, 0.25) is 0 Å². The normalized spacial score (nSPS) is 13.9. The van der Waals surface area contributed by atoms with Gasteiger partial charge in [0.2, 0.25) is 4.96 Å². The zero-order valence-electron chi connectivity index (χ0n) is 20.0. The summed E-state index contributed by atoms with van der Waals surface area (Å²) in [6.07, 6.45) is 0. The van der Waals surface area contributed by atoms with Gasteiger partial charge in [0.1, 0.15) is 16.6 Å². The van der Waals surface area contributed by atoms with Crippen molar-refractivity contribution in [1.29, 1.82) is 0 Å². The molecule has 0 spiro atoms. The number of benzene rings is 2. The molecular formula is C26H27N5O3S. The van der Waals surface area contributed by atoms with Crippen LogP contribution in [-0.4, -0.2) is 58.2 Å². The number of fused-ring (bicyclic) bond motifs is 1. The second-order valence-electron chi connectivity index (χ2n) is 8.78. The molecule has 2 aromatic carbocycles. The molecule has 8 nitrogen and oxygen atoms in total. The Morgan fingerprint density at radius 1 is 1.03 bits per heavy atom. The molecule has 0 N–H and O–H groups in total. The first-order valence-corrected chi connectivity index (χ1v) is 12.4. The summed E-state index contributed by atoms with van der Waals surface area (Å²) in [6.45, 7) is 8.35. The third kappa shape index (κ3) is 4.77. The lowest BCUT2D eigenvalue weighted by Gasteiger charge is -2.35. The Bertz CT molecular complexity index is 1450. The lowest BCUT2D eigenvalue weighted by atomic mass is 10.1. The Kier molecular flexibility index (Phi) is 6.25. The van der Waals surface area contributed by atoms with Gasteiger partial charge in [0, 0.05) is 37.8 Å². The van der Waals surface area contributed by atoms with E-state index in [0.717, 1.165) is 33.0 Å². The van der Waals surface area contributed by atoms with Gasteiger partial charge in [-0.15, -0.1) is 0 Å². The number of carbonyl (C=O) groups excluding carboxylic acids is 1. The van der Waals surface area contributed by atoms with Crippen molar-refractivity contribution >= 4 is 28.0 Å². The molecule has 1 saturated heterocycles. The summed E-state index contributed by atoms with van der Waals surface area (Å²) in [5.41, 5.74) is 4.08. The topological polar surface area (TPSA) is 80.0 Å². The minimum atomic E-state index is -0.208. The van der Waals surface area contributed by atoms with Crippen molar-refractivity contribution in [2.24, 2.45) is 0 Å². The Morgan fingerprint density at radius 3 is 2.57 bits per heavy atom. The highest BCUT2D eigenvalue weighted by Crippen LogP contribution is 2.26. The lowest BCUT2D eigenvalue weighted by Crippen LogP contribution is -2.50. The minimum absolute atomic E-state index is 0.0124. The van der Waals surface area contributed by atoms with Gasteiger partial charge in [0.25, 0.3) is 11.5 Å². The van der Waals surface area contributed by atoms with Gasteiger partial charge in [-0.1, -0.05) is 47.2 Å². The molecule has 0 saturated carbocycles. The quantitative estimate of drug-likeness (QED) is 0.427. The largest absolute Gasteiger partial charge is 0.483 e. The number of anilines is 1. The second kappa shape index (κ2) is 9.50. The molecule has 0 radical (unpaired) electrons. The molecule has 3 heterocycles.